The van der Waals surface area contributed by atoms with Crippen molar-refractivity contribution in [2.24, 2.45) is 11.7 Å². The van der Waals surface area contributed by atoms with Crippen LogP contribution in [0, 0.1) is 5.92 Å². The molecular weight excluding hydrogens is 208 g/mol. The minimum absolute atomic E-state index is 0.285. The molecule has 0 aromatic rings. The van der Waals surface area contributed by atoms with Crippen molar-refractivity contribution in [3.05, 3.63) is 0 Å². The Hall–Kier alpha value is -1.26. The molecule has 0 bridgehead atoms. The predicted molar refractivity (Wildman–Crippen MR) is 61.8 cm³/mol. The molecule has 0 fully saturated rings. The third-order valence-electron chi connectivity index (χ3n) is 2.19. The van der Waals surface area contributed by atoms with E-state index in [1.165, 1.54) is 0 Å². The second-order valence-corrected chi connectivity index (χ2v) is 4.85. The van der Waals surface area contributed by atoms with Gasteiger partial charge >= 0.3 is 6.09 Å². The van der Waals surface area contributed by atoms with Crippen LogP contribution in [0.4, 0.5) is 4.79 Å². The van der Waals surface area contributed by atoms with E-state index in [0.29, 0.717) is 6.42 Å². The van der Waals surface area contributed by atoms with Crippen molar-refractivity contribution in [2.75, 3.05) is 0 Å². The lowest BCUT2D eigenvalue weighted by Crippen LogP contribution is -2.45. The van der Waals surface area contributed by atoms with Gasteiger partial charge in [-0.2, -0.15) is 0 Å². The maximum Gasteiger partial charge on any atom is 0.407 e. The van der Waals surface area contributed by atoms with Gasteiger partial charge in [0.05, 0.1) is 5.92 Å². The Labute approximate surface area is 96.7 Å². The van der Waals surface area contributed by atoms with Crippen LogP contribution in [0.2, 0.25) is 0 Å². The summed E-state index contributed by atoms with van der Waals surface area (Å²) in [7, 11) is 0. The van der Waals surface area contributed by atoms with Crippen LogP contribution < -0.4 is 11.1 Å². The van der Waals surface area contributed by atoms with Gasteiger partial charge in [-0.15, -0.1) is 0 Å². The van der Waals surface area contributed by atoms with E-state index in [2.05, 4.69) is 5.32 Å². The number of carbonyl (C=O) groups is 2. The summed E-state index contributed by atoms with van der Waals surface area (Å²) >= 11 is 0. The van der Waals surface area contributed by atoms with E-state index in [-0.39, 0.29) is 6.04 Å². The molecule has 2 atom stereocenters. The number of amides is 2. The monoisotopic (exact) mass is 230 g/mol. The summed E-state index contributed by atoms with van der Waals surface area (Å²) in [4.78, 5) is 22.5. The standard InChI is InChI=1S/C11H22N2O3/c1-6-8(7(2)9(12)14)13-10(15)16-11(3,4)5/h7-8H,6H2,1-5H3,(H2,12,14)(H,13,15). The molecule has 0 saturated carbocycles. The average Bonchev–Trinajstić information content (AvgIpc) is 2.09. The molecule has 2 unspecified atom stereocenters. The first-order chi connectivity index (χ1) is 7.17. The lowest BCUT2D eigenvalue weighted by Gasteiger charge is -2.25. The quantitative estimate of drug-likeness (QED) is 0.766. The molecule has 0 aliphatic carbocycles. The minimum atomic E-state index is -0.543. The predicted octanol–water partition coefficient (Wildman–Crippen LogP) is 1.41. The normalized spacial score (nSPS) is 15.1. The van der Waals surface area contributed by atoms with Crippen molar-refractivity contribution >= 4 is 12.0 Å². The number of rotatable bonds is 4. The summed E-state index contributed by atoms with van der Waals surface area (Å²) in [6, 6.07) is -0.285. The molecule has 5 heteroatoms. The summed E-state index contributed by atoms with van der Waals surface area (Å²) < 4.78 is 5.10. The van der Waals surface area contributed by atoms with Crippen molar-refractivity contribution in [1.82, 2.24) is 5.32 Å². The molecule has 0 spiro atoms. The highest BCUT2D eigenvalue weighted by Crippen LogP contribution is 2.10. The van der Waals surface area contributed by atoms with Crippen LogP contribution in [-0.2, 0) is 9.53 Å². The number of primary amides is 1. The first-order valence-electron chi connectivity index (χ1n) is 5.46. The van der Waals surface area contributed by atoms with Crippen molar-refractivity contribution < 1.29 is 14.3 Å². The Morgan fingerprint density at radius 2 is 1.88 bits per heavy atom. The fraction of sp³-hybridized carbons (Fsp3) is 0.818. The van der Waals surface area contributed by atoms with Gasteiger partial charge in [0, 0.05) is 6.04 Å². The molecule has 16 heavy (non-hydrogen) atoms. The molecule has 0 aliphatic rings. The maximum atomic E-state index is 11.5. The molecule has 0 aromatic carbocycles. The maximum absolute atomic E-state index is 11.5. The molecule has 0 aliphatic heterocycles. The highest BCUT2D eigenvalue weighted by molar-refractivity contribution is 5.78. The second kappa shape index (κ2) is 5.72. The van der Waals surface area contributed by atoms with E-state index in [1.807, 2.05) is 6.92 Å². The average molecular weight is 230 g/mol. The highest BCUT2D eigenvalue weighted by Gasteiger charge is 2.24. The van der Waals surface area contributed by atoms with E-state index in [9.17, 15) is 9.59 Å². The van der Waals surface area contributed by atoms with Crippen LogP contribution in [0.5, 0.6) is 0 Å². The number of carbonyl (C=O) groups excluding carboxylic acids is 2. The molecule has 0 rings (SSSR count). The first-order valence-corrected chi connectivity index (χ1v) is 5.46. The van der Waals surface area contributed by atoms with Gasteiger partial charge in [0.1, 0.15) is 5.60 Å². The van der Waals surface area contributed by atoms with Gasteiger partial charge in [-0.25, -0.2) is 4.79 Å². The van der Waals surface area contributed by atoms with Gasteiger partial charge in [0.15, 0.2) is 0 Å². The van der Waals surface area contributed by atoms with E-state index < -0.39 is 23.5 Å². The second-order valence-electron chi connectivity index (χ2n) is 4.85. The van der Waals surface area contributed by atoms with Gasteiger partial charge in [0.2, 0.25) is 5.91 Å². The van der Waals surface area contributed by atoms with E-state index in [0.717, 1.165) is 0 Å². The number of nitrogens with one attached hydrogen (secondary N) is 1. The Balaban J connectivity index is 4.33. The van der Waals surface area contributed by atoms with Gasteiger partial charge in [-0.05, 0) is 27.2 Å². The molecule has 0 heterocycles. The smallest absolute Gasteiger partial charge is 0.407 e. The Morgan fingerprint density at radius 1 is 1.38 bits per heavy atom. The number of hydrogen-bond acceptors (Lipinski definition) is 3. The van der Waals surface area contributed by atoms with Gasteiger partial charge in [-0.3, -0.25) is 4.79 Å². The summed E-state index contributed by atoms with van der Waals surface area (Å²) in [6.45, 7) is 8.91. The van der Waals surface area contributed by atoms with Crippen LogP contribution in [0.3, 0.4) is 0 Å². The molecule has 5 nitrogen and oxygen atoms in total. The van der Waals surface area contributed by atoms with Crippen LogP contribution in [0.25, 0.3) is 0 Å². The van der Waals surface area contributed by atoms with Gasteiger partial charge < -0.3 is 15.8 Å². The fourth-order valence-electron chi connectivity index (χ4n) is 1.24. The van der Waals surface area contributed by atoms with Gasteiger partial charge in [-0.1, -0.05) is 13.8 Å². The number of hydrogen-bond donors (Lipinski definition) is 2. The minimum Gasteiger partial charge on any atom is -0.444 e. The lowest BCUT2D eigenvalue weighted by molar-refractivity contribution is -0.122. The molecule has 0 saturated heterocycles. The number of nitrogens with two attached hydrogens (primary N) is 1. The van der Waals surface area contributed by atoms with Crippen LogP contribution in [0.15, 0.2) is 0 Å². The number of alkyl carbamates (subject to hydrolysis) is 1. The van der Waals surface area contributed by atoms with Crippen molar-refractivity contribution in [3.63, 3.8) is 0 Å². The topological polar surface area (TPSA) is 81.4 Å². The molecule has 94 valence electrons. The van der Waals surface area contributed by atoms with E-state index in [4.69, 9.17) is 10.5 Å². The van der Waals surface area contributed by atoms with E-state index >= 15 is 0 Å². The third kappa shape index (κ3) is 5.58. The summed E-state index contributed by atoms with van der Waals surface area (Å²) in [5.41, 5.74) is 4.64. The van der Waals surface area contributed by atoms with Crippen molar-refractivity contribution in [2.45, 2.75) is 52.7 Å². The number of ether oxygens (including phenoxy) is 1. The summed E-state index contributed by atoms with van der Waals surface area (Å²) in [5, 5.41) is 2.64. The van der Waals surface area contributed by atoms with Crippen LogP contribution in [-0.4, -0.2) is 23.6 Å². The third-order valence-corrected chi connectivity index (χ3v) is 2.19. The zero-order chi connectivity index (χ0) is 12.9. The van der Waals surface area contributed by atoms with Crippen LogP contribution >= 0.6 is 0 Å². The molecule has 0 aromatic heterocycles. The molecule has 0 radical (unpaired) electrons. The highest BCUT2D eigenvalue weighted by atomic mass is 16.6. The molecular formula is C11H22N2O3. The summed E-state index contributed by atoms with van der Waals surface area (Å²) in [5.74, 6) is -0.833. The molecule has 2 amide bonds. The van der Waals surface area contributed by atoms with Crippen molar-refractivity contribution in [1.29, 1.82) is 0 Å². The Kier molecular flexibility index (Phi) is 5.27. The Morgan fingerprint density at radius 3 is 2.19 bits per heavy atom. The Bertz CT molecular complexity index is 258. The zero-order valence-corrected chi connectivity index (χ0v) is 10.7. The SMILES string of the molecule is CCC(NC(=O)OC(C)(C)C)C(C)C(N)=O. The van der Waals surface area contributed by atoms with E-state index in [1.54, 1.807) is 27.7 Å². The zero-order valence-electron chi connectivity index (χ0n) is 10.7. The fourth-order valence-corrected chi connectivity index (χ4v) is 1.24. The van der Waals surface area contributed by atoms with Crippen LogP contribution in [0.1, 0.15) is 41.0 Å². The largest absolute Gasteiger partial charge is 0.444 e. The lowest BCUT2D eigenvalue weighted by atomic mass is 9.99. The van der Waals surface area contributed by atoms with Gasteiger partial charge in [0.25, 0.3) is 0 Å². The summed E-state index contributed by atoms with van der Waals surface area (Å²) in [6.07, 6.45) is 0.107. The van der Waals surface area contributed by atoms with Crippen molar-refractivity contribution in [3.8, 4) is 0 Å². The first kappa shape index (κ1) is 14.7. The molecule has 3 N–H and O–H groups in total.